The number of anilines is 2. The number of aryl methyl sites for hydroxylation is 1. The third-order valence-electron chi connectivity index (χ3n) is 3.41. The molecule has 2 N–H and O–H groups in total. The highest BCUT2D eigenvalue weighted by molar-refractivity contribution is 5.48. The first-order valence-corrected chi connectivity index (χ1v) is 7.08. The van der Waals surface area contributed by atoms with Crippen LogP contribution in [-0.2, 0) is 0 Å². The number of nitrogens with one attached hydrogen (secondary N) is 2. The molecule has 0 aromatic carbocycles. The molecule has 0 saturated heterocycles. The van der Waals surface area contributed by atoms with Crippen molar-refractivity contribution in [3.63, 3.8) is 0 Å². The average molecular weight is 248 g/mol. The summed E-state index contributed by atoms with van der Waals surface area (Å²) in [6.45, 7) is 7.37. The van der Waals surface area contributed by atoms with Crippen molar-refractivity contribution >= 4 is 11.8 Å². The fourth-order valence-corrected chi connectivity index (χ4v) is 2.20. The monoisotopic (exact) mass is 248 g/mol. The Bertz CT molecular complexity index is 391. The molecule has 100 valence electrons. The van der Waals surface area contributed by atoms with E-state index in [2.05, 4.69) is 41.4 Å². The fourth-order valence-electron chi connectivity index (χ4n) is 2.20. The van der Waals surface area contributed by atoms with Crippen LogP contribution in [0.2, 0.25) is 0 Å². The van der Waals surface area contributed by atoms with Gasteiger partial charge in [0.2, 0.25) is 5.95 Å². The van der Waals surface area contributed by atoms with Crippen molar-refractivity contribution in [2.75, 3.05) is 17.2 Å². The Morgan fingerprint density at radius 2 is 2.17 bits per heavy atom. The minimum absolute atomic E-state index is 0.623. The molecule has 1 aromatic heterocycles. The van der Waals surface area contributed by atoms with Gasteiger partial charge in [-0.25, -0.2) is 4.98 Å². The SMILES string of the molecule is CCCNc1ncc(C)c(NC2CC2CCC)n1. The summed E-state index contributed by atoms with van der Waals surface area (Å²) in [6, 6.07) is 0.623. The zero-order valence-electron chi connectivity index (χ0n) is 11.7. The first-order chi connectivity index (χ1) is 8.74. The largest absolute Gasteiger partial charge is 0.367 e. The van der Waals surface area contributed by atoms with E-state index >= 15 is 0 Å². The lowest BCUT2D eigenvalue weighted by atomic mass is 10.2. The van der Waals surface area contributed by atoms with Crippen molar-refractivity contribution in [3.8, 4) is 0 Å². The molecule has 0 radical (unpaired) electrons. The molecule has 18 heavy (non-hydrogen) atoms. The average Bonchev–Trinajstić information content (AvgIpc) is 3.09. The maximum Gasteiger partial charge on any atom is 0.224 e. The van der Waals surface area contributed by atoms with Gasteiger partial charge in [0.15, 0.2) is 0 Å². The molecular formula is C14H24N4. The fraction of sp³-hybridized carbons (Fsp3) is 0.714. The van der Waals surface area contributed by atoms with Crippen molar-refractivity contribution in [3.05, 3.63) is 11.8 Å². The van der Waals surface area contributed by atoms with E-state index in [9.17, 15) is 0 Å². The molecule has 2 unspecified atom stereocenters. The maximum absolute atomic E-state index is 4.55. The molecule has 1 saturated carbocycles. The van der Waals surface area contributed by atoms with Gasteiger partial charge in [-0.05, 0) is 32.1 Å². The molecule has 1 aromatic rings. The van der Waals surface area contributed by atoms with Gasteiger partial charge >= 0.3 is 0 Å². The summed E-state index contributed by atoms with van der Waals surface area (Å²) in [5.41, 5.74) is 1.12. The summed E-state index contributed by atoms with van der Waals surface area (Å²) in [4.78, 5) is 8.85. The molecule has 1 aliphatic carbocycles. The van der Waals surface area contributed by atoms with Gasteiger partial charge in [0.1, 0.15) is 5.82 Å². The van der Waals surface area contributed by atoms with Crippen LogP contribution < -0.4 is 10.6 Å². The lowest BCUT2D eigenvalue weighted by Crippen LogP contribution is -2.11. The summed E-state index contributed by atoms with van der Waals surface area (Å²) in [7, 11) is 0. The van der Waals surface area contributed by atoms with E-state index in [1.807, 2.05) is 6.20 Å². The molecule has 4 nitrogen and oxygen atoms in total. The van der Waals surface area contributed by atoms with Crippen LogP contribution in [0.1, 0.15) is 45.1 Å². The lowest BCUT2D eigenvalue weighted by Gasteiger charge is -2.10. The Balaban J connectivity index is 1.94. The quantitative estimate of drug-likeness (QED) is 0.778. The van der Waals surface area contributed by atoms with Crippen molar-refractivity contribution < 1.29 is 0 Å². The Morgan fingerprint density at radius 3 is 2.89 bits per heavy atom. The Kier molecular flexibility index (Phi) is 4.39. The summed E-state index contributed by atoms with van der Waals surface area (Å²) >= 11 is 0. The molecule has 1 aliphatic rings. The summed E-state index contributed by atoms with van der Waals surface area (Å²) < 4.78 is 0. The van der Waals surface area contributed by atoms with E-state index in [1.165, 1.54) is 19.3 Å². The maximum atomic E-state index is 4.55. The van der Waals surface area contributed by atoms with Gasteiger partial charge in [-0.1, -0.05) is 20.3 Å². The number of hydrogen-bond donors (Lipinski definition) is 2. The highest BCUT2D eigenvalue weighted by Gasteiger charge is 2.36. The number of aromatic nitrogens is 2. The van der Waals surface area contributed by atoms with Crippen LogP contribution in [-0.4, -0.2) is 22.6 Å². The van der Waals surface area contributed by atoms with Gasteiger partial charge in [-0.2, -0.15) is 4.98 Å². The van der Waals surface area contributed by atoms with Crippen molar-refractivity contribution in [1.82, 2.24) is 9.97 Å². The van der Waals surface area contributed by atoms with E-state index in [1.54, 1.807) is 0 Å². The van der Waals surface area contributed by atoms with Gasteiger partial charge in [0, 0.05) is 24.3 Å². The first-order valence-electron chi connectivity index (χ1n) is 7.08. The minimum atomic E-state index is 0.623. The van der Waals surface area contributed by atoms with Crippen molar-refractivity contribution in [2.24, 2.45) is 5.92 Å². The third kappa shape index (κ3) is 3.34. The third-order valence-corrected chi connectivity index (χ3v) is 3.41. The van der Waals surface area contributed by atoms with Crippen LogP contribution in [0.25, 0.3) is 0 Å². The zero-order valence-corrected chi connectivity index (χ0v) is 11.7. The summed E-state index contributed by atoms with van der Waals surface area (Å²) in [5, 5.41) is 6.77. The Hall–Kier alpha value is -1.32. The molecule has 0 spiro atoms. The Morgan fingerprint density at radius 1 is 1.33 bits per heavy atom. The van der Waals surface area contributed by atoms with Gasteiger partial charge in [0.05, 0.1) is 0 Å². The zero-order chi connectivity index (χ0) is 13.0. The predicted molar refractivity (Wildman–Crippen MR) is 76.0 cm³/mol. The normalized spacial score (nSPS) is 21.7. The molecule has 0 bridgehead atoms. The van der Waals surface area contributed by atoms with Gasteiger partial charge in [-0.15, -0.1) is 0 Å². The number of rotatable bonds is 7. The van der Waals surface area contributed by atoms with Crippen LogP contribution >= 0.6 is 0 Å². The lowest BCUT2D eigenvalue weighted by molar-refractivity contribution is 0.692. The van der Waals surface area contributed by atoms with Crippen LogP contribution in [0.15, 0.2) is 6.20 Å². The van der Waals surface area contributed by atoms with E-state index in [0.717, 1.165) is 36.2 Å². The van der Waals surface area contributed by atoms with E-state index in [4.69, 9.17) is 0 Å². The van der Waals surface area contributed by atoms with Crippen molar-refractivity contribution in [2.45, 2.75) is 52.5 Å². The molecule has 1 heterocycles. The summed E-state index contributed by atoms with van der Waals surface area (Å²) in [5.74, 6) is 2.57. The van der Waals surface area contributed by atoms with Crippen LogP contribution in [0.3, 0.4) is 0 Å². The molecule has 0 aliphatic heterocycles. The van der Waals surface area contributed by atoms with E-state index in [0.29, 0.717) is 6.04 Å². The molecule has 4 heteroatoms. The van der Waals surface area contributed by atoms with Gasteiger partial charge in [-0.3, -0.25) is 0 Å². The molecule has 1 fully saturated rings. The first kappa shape index (κ1) is 13.1. The molecule has 2 atom stereocenters. The summed E-state index contributed by atoms with van der Waals surface area (Å²) in [6.07, 6.45) is 6.86. The second-order valence-corrected chi connectivity index (χ2v) is 5.19. The van der Waals surface area contributed by atoms with E-state index < -0.39 is 0 Å². The topological polar surface area (TPSA) is 49.8 Å². The van der Waals surface area contributed by atoms with Gasteiger partial charge < -0.3 is 10.6 Å². The van der Waals surface area contributed by atoms with E-state index in [-0.39, 0.29) is 0 Å². The molecule has 0 amide bonds. The number of nitrogens with zero attached hydrogens (tertiary/aromatic N) is 2. The minimum Gasteiger partial charge on any atom is -0.367 e. The second kappa shape index (κ2) is 6.03. The van der Waals surface area contributed by atoms with Crippen LogP contribution in [0.4, 0.5) is 11.8 Å². The number of hydrogen-bond acceptors (Lipinski definition) is 4. The predicted octanol–water partition coefficient (Wildman–Crippen LogP) is 3.21. The van der Waals surface area contributed by atoms with Crippen molar-refractivity contribution in [1.29, 1.82) is 0 Å². The second-order valence-electron chi connectivity index (χ2n) is 5.19. The van der Waals surface area contributed by atoms with Crippen LogP contribution in [0, 0.1) is 12.8 Å². The van der Waals surface area contributed by atoms with Crippen LogP contribution in [0.5, 0.6) is 0 Å². The standard InChI is InChI=1S/C14H24N4/c1-4-6-11-8-12(11)17-13-10(3)9-16-14(18-13)15-7-5-2/h9,11-12H,4-8H2,1-3H3,(H2,15,16,17,18). The smallest absolute Gasteiger partial charge is 0.224 e. The van der Waals surface area contributed by atoms with Gasteiger partial charge in [0.25, 0.3) is 0 Å². The highest BCUT2D eigenvalue weighted by atomic mass is 15.2. The Labute approximate surface area is 110 Å². The molecule has 2 rings (SSSR count). The highest BCUT2D eigenvalue weighted by Crippen LogP contribution is 2.37. The molecular weight excluding hydrogens is 224 g/mol.